The average Bonchev–Trinajstić information content (AvgIpc) is 3.10. The van der Waals surface area contributed by atoms with E-state index in [1.807, 2.05) is 24.3 Å². The van der Waals surface area contributed by atoms with Crippen molar-refractivity contribution in [2.45, 2.75) is 24.2 Å². The van der Waals surface area contributed by atoms with E-state index in [1.54, 1.807) is 12.1 Å². The predicted octanol–water partition coefficient (Wildman–Crippen LogP) is 2.90. The molecule has 0 unspecified atom stereocenters. The van der Waals surface area contributed by atoms with Crippen LogP contribution in [0.5, 0.6) is 11.5 Å². The Kier molecular flexibility index (Phi) is 2.90. The largest absolute Gasteiger partial charge is 0.454 e. The van der Waals surface area contributed by atoms with Crippen LogP contribution in [0.1, 0.15) is 19.4 Å². The van der Waals surface area contributed by atoms with Gasteiger partial charge in [0.2, 0.25) is 6.79 Å². The number of nitrogens with zero attached hydrogens (tertiary/aromatic N) is 1. The maximum atomic E-state index is 13.1. The van der Waals surface area contributed by atoms with Gasteiger partial charge in [0, 0.05) is 18.0 Å². The third-order valence-electron chi connectivity index (χ3n) is 4.37. The molecule has 0 bridgehead atoms. The lowest BCUT2D eigenvalue weighted by Crippen LogP contribution is -2.33. The van der Waals surface area contributed by atoms with Gasteiger partial charge in [-0.2, -0.15) is 0 Å². The summed E-state index contributed by atoms with van der Waals surface area (Å²) in [5, 5.41) is 0. The van der Waals surface area contributed by atoms with Gasteiger partial charge in [-0.3, -0.25) is 4.31 Å². The summed E-state index contributed by atoms with van der Waals surface area (Å²) in [5.74, 6) is 1.05. The standard InChI is InChI=1S/C17H17NO4S/c1-17(2)10-18(14-6-4-3-5-13(14)17)23(19,20)12-7-8-15-16(9-12)22-11-21-15/h3-9H,10-11H2,1-2H3. The second-order valence-electron chi connectivity index (χ2n) is 6.43. The minimum Gasteiger partial charge on any atom is -0.454 e. The Morgan fingerprint density at radius 3 is 2.61 bits per heavy atom. The van der Waals surface area contributed by atoms with Gasteiger partial charge in [-0.1, -0.05) is 32.0 Å². The molecule has 2 heterocycles. The lowest BCUT2D eigenvalue weighted by Gasteiger charge is -2.22. The highest BCUT2D eigenvalue weighted by Crippen LogP contribution is 2.43. The zero-order valence-electron chi connectivity index (χ0n) is 12.9. The first-order valence-electron chi connectivity index (χ1n) is 7.41. The molecule has 120 valence electrons. The van der Waals surface area contributed by atoms with Gasteiger partial charge in [-0.15, -0.1) is 0 Å². The van der Waals surface area contributed by atoms with Gasteiger partial charge in [-0.25, -0.2) is 8.42 Å². The predicted molar refractivity (Wildman–Crippen MR) is 86.6 cm³/mol. The second kappa shape index (κ2) is 4.64. The summed E-state index contributed by atoms with van der Waals surface area (Å²) in [7, 11) is -3.65. The molecule has 2 aromatic carbocycles. The van der Waals surface area contributed by atoms with Gasteiger partial charge in [-0.05, 0) is 23.8 Å². The summed E-state index contributed by atoms with van der Waals surface area (Å²) in [6.07, 6.45) is 0. The first kappa shape index (κ1) is 14.4. The van der Waals surface area contributed by atoms with Gasteiger partial charge in [0.05, 0.1) is 10.6 Å². The van der Waals surface area contributed by atoms with Crippen molar-refractivity contribution in [2.24, 2.45) is 0 Å². The van der Waals surface area contributed by atoms with Crippen LogP contribution in [0, 0.1) is 0 Å². The third-order valence-corrected chi connectivity index (χ3v) is 6.13. The molecule has 0 radical (unpaired) electrons. The van der Waals surface area contributed by atoms with E-state index in [4.69, 9.17) is 9.47 Å². The third kappa shape index (κ3) is 2.09. The van der Waals surface area contributed by atoms with Crippen molar-refractivity contribution in [2.75, 3.05) is 17.6 Å². The van der Waals surface area contributed by atoms with Crippen LogP contribution in [0.25, 0.3) is 0 Å². The highest BCUT2D eigenvalue weighted by Gasteiger charge is 2.41. The van der Waals surface area contributed by atoms with E-state index < -0.39 is 10.0 Å². The Bertz CT molecular complexity index is 889. The van der Waals surface area contributed by atoms with E-state index in [1.165, 1.54) is 10.4 Å². The highest BCUT2D eigenvalue weighted by molar-refractivity contribution is 7.92. The maximum absolute atomic E-state index is 13.1. The summed E-state index contributed by atoms with van der Waals surface area (Å²) in [4.78, 5) is 0.217. The van der Waals surface area contributed by atoms with Crippen LogP contribution in [-0.2, 0) is 15.4 Å². The molecule has 5 nitrogen and oxygen atoms in total. The molecule has 2 aliphatic rings. The van der Waals surface area contributed by atoms with Crippen LogP contribution in [-0.4, -0.2) is 21.8 Å². The lowest BCUT2D eigenvalue weighted by atomic mass is 9.87. The Morgan fingerprint density at radius 2 is 1.78 bits per heavy atom. The molecular formula is C17H17NO4S. The molecule has 0 atom stereocenters. The van der Waals surface area contributed by atoms with Crippen LogP contribution in [0.3, 0.4) is 0 Å². The molecule has 6 heteroatoms. The number of hydrogen-bond donors (Lipinski definition) is 0. The van der Waals surface area contributed by atoms with Crippen LogP contribution in [0.4, 0.5) is 5.69 Å². The molecule has 0 aromatic heterocycles. The molecule has 2 aromatic rings. The Balaban J connectivity index is 1.81. The number of benzene rings is 2. The second-order valence-corrected chi connectivity index (χ2v) is 8.29. The Labute approximate surface area is 135 Å². The van der Waals surface area contributed by atoms with Crippen molar-refractivity contribution in [3.8, 4) is 11.5 Å². The number of ether oxygens (including phenoxy) is 2. The van der Waals surface area contributed by atoms with Crippen LogP contribution < -0.4 is 13.8 Å². The monoisotopic (exact) mass is 331 g/mol. The molecule has 0 fully saturated rings. The van der Waals surface area contributed by atoms with Crippen molar-refractivity contribution in [3.05, 3.63) is 48.0 Å². The van der Waals surface area contributed by atoms with E-state index in [2.05, 4.69) is 13.8 Å². The van der Waals surface area contributed by atoms with Gasteiger partial charge in [0.25, 0.3) is 10.0 Å². The van der Waals surface area contributed by atoms with Gasteiger partial charge in [0.15, 0.2) is 11.5 Å². The molecule has 2 aliphatic heterocycles. The molecule has 0 saturated heterocycles. The fraction of sp³-hybridized carbons (Fsp3) is 0.294. The van der Waals surface area contributed by atoms with Crippen LogP contribution in [0.15, 0.2) is 47.4 Å². The molecule has 0 amide bonds. The van der Waals surface area contributed by atoms with Crippen molar-refractivity contribution in [3.63, 3.8) is 0 Å². The Hall–Kier alpha value is -2.21. The molecule has 0 aliphatic carbocycles. The summed E-state index contributed by atoms with van der Waals surface area (Å²) < 4.78 is 38.3. The molecule has 23 heavy (non-hydrogen) atoms. The lowest BCUT2D eigenvalue weighted by molar-refractivity contribution is 0.174. The zero-order chi connectivity index (χ0) is 16.2. The van der Waals surface area contributed by atoms with Gasteiger partial charge < -0.3 is 9.47 Å². The van der Waals surface area contributed by atoms with E-state index in [-0.39, 0.29) is 17.1 Å². The zero-order valence-corrected chi connectivity index (χ0v) is 13.8. The molecule has 0 N–H and O–H groups in total. The van der Waals surface area contributed by atoms with Crippen LogP contribution in [0.2, 0.25) is 0 Å². The molecule has 0 saturated carbocycles. The fourth-order valence-corrected chi connectivity index (χ4v) is 4.83. The highest BCUT2D eigenvalue weighted by atomic mass is 32.2. The number of anilines is 1. The van der Waals surface area contributed by atoms with E-state index in [0.717, 1.165) is 11.3 Å². The number of sulfonamides is 1. The molecule has 0 spiro atoms. The van der Waals surface area contributed by atoms with Crippen molar-refractivity contribution in [1.29, 1.82) is 0 Å². The summed E-state index contributed by atoms with van der Waals surface area (Å²) in [5.41, 5.74) is 1.57. The first-order valence-corrected chi connectivity index (χ1v) is 8.85. The van der Waals surface area contributed by atoms with E-state index in [9.17, 15) is 8.42 Å². The maximum Gasteiger partial charge on any atom is 0.264 e. The summed E-state index contributed by atoms with van der Waals surface area (Å²) >= 11 is 0. The normalized spacial score (nSPS) is 18.1. The van der Waals surface area contributed by atoms with Crippen molar-refractivity contribution < 1.29 is 17.9 Å². The van der Waals surface area contributed by atoms with Gasteiger partial charge >= 0.3 is 0 Å². The Morgan fingerprint density at radius 1 is 1.04 bits per heavy atom. The average molecular weight is 331 g/mol. The quantitative estimate of drug-likeness (QED) is 0.849. The fourth-order valence-electron chi connectivity index (χ4n) is 3.17. The van der Waals surface area contributed by atoms with Crippen molar-refractivity contribution >= 4 is 15.7 Å². The van der Waals surface area contributed by atoms with E-state index in [0.29, 0.717) is 18.0 Å². The SMILES string of the molecule is CC1(C)CN(S(=O)(=O)c2ccc3c(c2)OCO3)c2ccccc21. The smallest absolute Gasteiger partial charge is 0.264 e. The number of rotatable bonds is 2. The summed E-state index contributed by atoms with van der Waals surface area (Å²) in [6.45, 7) is 4.66. The van der Waals surface area contributed by atoms with E-state index >= 15 is 0 Å². The number of fused-ring (bicyclic) bond motifs is 2. The number of para-hydroxylation sites is 1. The first-order chi connectivity index (χ1) is 10.9. The van der Waals surface area contributed by atoms with Crippen molar-refractivity contribution in [1.82, 2.24) is 0 Å². The van der Waals surface area contributed by atoms with Crippen LogP contribution >= 0.6 is 0 Å². The number of hydrogen-bond acceptors (Lipinski definition) is 4. The minimum absolute atomic E-state index is 0.123. The van der Waals surface area contributed by atoms with Gasteiger partial charge in [0.1, 0.15) is 0 Å². The molecular weight excluding hydrogens is 314 g/mol. The topological polar surface area (TPSA) is 55.8 Å². The molecule has 4 rings (SSSR count). The minimum atomic E-state index is -3.65. The summed E-state index contributed by atoms with van der Waals surface area (Å²) in [6, 6.07) is 12.4.